The van der Waals surface area contributed by atoms with Crippen LogP contribution in [0.25, 0.3) is 0 Å². The molecule has 1 heterocycles. The van der Waals surface area contributed by atoms with E-state index in [1.54, 1.807) is 12.1 Å². The number of carboxylic acid groups (broad SMARTS) is 1. The van der Waals surface area contributed by atoms with Crippen LogP contribution in [0, 0.1) is 5.41 Å². The van der Waals surface area contributed by atoms with Crippen molar-refractivity contribution in [2.24, 2.45) is 5.41 Å². The number of carbonyl (C=O) groups is 1. The van der Waals surface area contributed by atoms with E-state index in [9.17, 15) is 4.79 Å². The molecule has 1 saturated heterocycles. The molecule has 1 aromatic carbocycles. The molecular formula is C14H19NO3. The quantitative estimate of drug-likeness (QED) is 0.861. The average Bonchev–Trinajstić information content (AvgIpc) is 2.38. The fourth-order valence-electron chi connectivity index (χ4n) is 2.17. The maximum atomic E-state index is 11.1. The molecule has 1 aromatic rings. The number of aromatic carboxylic acids is 1. The lowest BCUT2D eigenvalue weighted by atomic mass is 9.82. The molecule has 2 rings (SSSR count). The monoisotopic (exact) mass is 249 g/mol. The Balaban J connectivity index is 2.03. The molecule has 1 fully saturated rings. The van der Waals surface area contributed by atoms with Crippen molar-refractivity contribution in [3.05, 3.63) is 29.8 Å². The van der Waals surface area contributed by atoms with Gasteiger partial charge in [0.2, 0.25) is 0 Å². The molecule has 2 N–H and O–H groups in total. The van der Waals surface area contributed by atoms with Gasteiger partial charge >= 0.3 is 5.97 Å². The Kier molecular flexibility index (Phi) is 3.87. The van der Waals surface area contributed by atoms with Crippen molar-refractivity contribution >= 4 is 11.7 Å². The molecule has 1 aliphatic rings. The summed E-state index contributed by atoms with van der Waals surface area (Å²) in [6.07, 6.45) is 2.02. The average molecular weight is 249 g/mol. The Bertz CT molecular complexity index is 425. The van der Waals surface area contributed by atoms with Crippen LogP contribution in [-0.4, -0.2) is 30.8 Å². The zero-order chi connectivity index (χ0) is 13.0. The Morgan fingerprint density at radius 2 is 2.06 bits per heavy atom. The second-order valence-electron chi connectivity index (χ2n) is 5.13. The number of rotatable bonds is 4. The van der Waals surface area contributed by atoms with E-state index >= 15 is 0 Å². The van der Waals surface area contributed by atoms with Gasteiger partial charge in [0, 0.05) is 25.4 Å². The molecule has 0 spiro atoms. The summed E-state index contributed by atoms with van der Waals surface area (Å²) in [4.78, 5) is 11.1. The smallest absolute Gasteiger partial charge is 0.337 e. The van der Waals surface area contributed by atoms with E-state index in [4.69, 9.17) is 9.84 Å². The maximum absolute atomic E-state index is 11.1. The lowest BCUT2D eigenvalue weighted by Crippen LogP contribution is -2.33. The molecule has 0 atom stereocenters. The first-order valence-corrected chi connectivity index (χ1v) is 6.25. The predicted molar refractivity (Wildman–Crippen MR) is 70.1 cm³/mol. The van der Waals surface area contributed by atoms with Crippen LogP contribution >= 0.6 is 0 Å². The highest BCUT2D eigenvalue weighted by Gasteiger charge is 2.27. The van der Waals surface area contributed by atoms with E-state index in [2.05, 4.69) is 12.2 Å². The first kappa shape index (κ1) is 12.9. The van der Waals surface area contributed by atoms with Gasteiger partial charge in [0.25, 0.3) is 0 Å². The largest absolute Gasteiger partial charge is 0.478 e. The fourth-order valence-corrected chi connectivity index (χ4v) is 2.17. The van der Waals surface area contributed by atoms with Gasteiger partial charge < -0.3 is 15.2 Å². The molecule has 0 aliphatic carbocycles. The van der Waals surface area contributed by atoms with Crippen LogP contribution in [0.1, 0.15) is 30.1 Å². The Morgan fingerprint density at radius 1 is 1.39 bits per heavy atom. The van der Waals surface area contributed by atoms with Crippen molar-refractivity contribution < 1.29 is 14.6 Å². The Labute approximate surface area is 107 Å². The summed E-state index contributed by atoms with van der Waals surface area (Å²) >= 11 is 0. The standard InChI is InChI=1S/C14H19NO3/c1-14(6-8-18-9-7-14)10-15-12-5-3-2-4-11(12)13(16)17/h2-5,15H,6-10H2,1H3,(H,16,17). The zero-order valence-electron chi connectivity index (χ0n) is 10.6. The second kappa shape index (κ2) is 5.40. The van der Waals surface area contributed by atoms with Gasteiger partial charge in [0.1, 0.15) is 0 Å². The number of hydrogen-bond donors (Lipinski definition) is 2. The Hall–Kier alpha value is -1.55. The van der Waals surface area contributed by atoms with E-state index in [1.807, 2.05) is 12.1 Å². The number of para-hydroxylation sites is 1. The van der Waals surface area contributed by atoms with E-state index in [0.29, 0.717) is 11.3 Å². The van der Waals surface area contributed by atoms with Crippen molar-refractivity contribution in [3.8, 4) is 0 Å². The summed E-state index contributed by atoms with van der Waals surface area (Å²) in [5.74, 6) is -0.893. The summed E-state index contributed by atoms with van der Waals surface area (Å²) in [7, 11) is 0. The van der Waals surface area contributed by atoms with Gasteiger partial charge in [-0.3, -0.25) is 0 Å². The third-order valence-electron chi connectivity index (χ3n) is 3.56. The number of nitrogens with one attached hydrogen (secondary N) is 1. The van der Waals surface area contributed by atoms with Crippen LogP contribution in [0.3, 0.4) is 0 Å². The normalized spacial score (nSPS) is 18.3. The van der Waals surface area contributed by atoms with Crippen molar-refractivity contribution in [1.29, 1.82) is 0 Å². The highest BCUT2D eigenvalue weighted by Crippen LogP contribution is 2.30. The molecule has 98 valence electrons. The lowest BCUT2D eigenvalue weighted by molar-refractivity contribution is 0.0299. The number of carboxylic acids is 1. The minimum atomic E-state index is -0.893. The van der Waals surface area contributed by atoms with Crippen LogP contribution in [0.5, 0.6) is 0 Å². The van der Waals surface area contributed by atoms with Gasteiger partial charge in [-0.25, -0.2) is 4.79 Å². The molecule has 0 bridgehead atoms. The first-order valence-electron chi connectivity index (χ1n) is 6.25. The number of anilines is 1. The molecule has 18 heavy (non-hydrogen) atoms. The highest BCUT2D eigenvalue weighted by atomic mass is 16.5. The van der Waals surface area contributed by atoms with Gasteiger partial charge in [0.05, 0.1) is 5.56 Å². The highest BCUT2D eigenvalue weighted by molar-refractivity contribution is 5.94. The van der Waals surface area contributed by atoms with E-state index in [-0.39, 0.29) is 5.41 Å². The van der Waals surface area contributed by atoms with Gasteiger partial charge in [-0.1, -0.05) is 19.1 Å². The summed E-state index contributed by atoms with van der Waals surface area (Å²) in [5.41, 5.74) is 1.20. The number of hydrogen-bond acceptors (Lipinski definition) is 3. The van der Waals surface area contributed by atoms with Crippen molar-refractivity contribution in [2.75, 3.05) is 25.1 Å². The molecule has 4 heteroatoms. The predicted octanol–water partition coefficient (Wildman–Crippen LogP) is 2.61. The molecule has 4 nitrogen and oxygen atoms in total. The third-order valence-corrected chi connectivity index (χ3v) is 3.56. The van der Waals surface area contributed by atoms with Crippen molar-refractivity contribution in [3.63, 3.8) is 0 Å². The van der Waals surface area contributed by atoms with Crippen LogP contribution in [0.2, 0.25) is 0 Å². The van der Waals surface area contributed by atoms with E-state index in [1.165, 1.54) is 0 Å². The van der Waals surface area contributed by atoms with Crippen LogP contribution in [-0.2, 0) is 4.74 Å². The summed E-state index contributed by atoms with van der Waals surface area (Å²) in [6, 6.07) is 7.02. The summed E-state index contributed by atoms with van der Waals surface area (Å²) in [5, 5.41) is 12.4. The molecule has 0 aromatic heterocycles. The summed E-state index contributed by atoms with van der Waals surface area (Å²) < 4.78 is 5.36. The molecule has 1 aliphatic heterocycles. The van der Waals surface area contributed by atoms with Gasteiger partial charge in [0.15, 0.2) is 0 Å². The van der Waals surface area contributed by atoms with Crippen LogP contribution in [0.15, 0.2) is 24.3 Å². The Morgan fingerprint density at radius 3 is 2.72 bits per heavy atom. The van der Waals surface area contributed by atoms with E-state index < -0.39 is 5.97 Å². The molecule has 0 radical (unpaired) electrons. The number of ether oxygens (including phenoxy) is 1. The number of benzene rings is 1. The first-order chi connectivity index (χ1) is 8.61. The van der Waals surface area contributed by atoms with Crippen LogP contribution in [0.4, 0.5) is 5.69 Å². The molecule has 0 unspecified atom stereocenters. The molecule has 0 saturated carbocycles. The molecular weight excluding hydrogens is 230 g/mol. The van der Waals surface area contributed by atoms with Gasteiger partial charge in [-0.05, 0) is 30.4 Å². The van der Waals surface area contributed by atoms with Crippen molar-refractivity contribution in [2.45, 2.75) is 19.8 Å². The van der Waals surface area contributed by atoms with Gasteiger partial charge in [-0.2, -0.15) is 0 Å². The lowest BCUT2D eigenvalue weighted by Gasteiger charge is -2.34. The van der Waals surface area contributed by atoms with Crippen molar-refractivity contribution in [1.82, 2.24) is 0 Å². The molecule has 0 amide bonds. The minimum Gasteiger partial charge on any atom is -0.478 e. The van der Waals surface area contributed by atoms with Gasteiger partial charge in [-0.15, -0.1) is 0 Å². The topological polar surface area (TPSA) is 58.6 Å². The zero-order valence-corrected chi connectivity index (χ0v) is 10.6. The second-order valence-corrected chi connectivity index (χ2v) is 5.13. The SMILES string of the molecule is CC1(CNc2ccccc2C(=O)O)CCOCC1. The third kappa shape index (κ3) is 3.01. The fraction of sp³-hybridized carbons (Fsp3) is 0.500. The van der Waals surface area contributed by atoms with Crippen LogP contribution < -0.4 is 5.32 Å². The maximum Gasteiger partial charge on any atom is 0.337 e. The minimum absolute atomic E-state index is 0.184. The van der Waals surface area contributed by atoms with E-state index in [0.717, 1.165) is 32.6 Å². The summed E-state index contributed by atoms with van der Waals surface area (Å²) in [6.45, 7) is 4.57.